The van der Waals surface area contributed by atoms with E-state index in [1.807, 2.05) is 19.2 Å². The van der Waals surface area contributed by atoms with Crippen LogP contribution in [-0.2, 0) is 0 Å². The van der Waals surface area contributed by atoms with E-state index in [9.17, 15) is 0 Å². The first-order valence-electron chi connectivity index (χ1n) is 6.74. The van der Waals surface area contributed by atoms with Crippen LogP contribution in [0.5, 0.6) is 0 Å². The van der Waals surface area contributed by atoms with Crippen LogP contribution in [0, 0.1) is 0 Å². The van der Waals surface area contributed by atoms with Gasteiger partial charge in [-0.1, -0.05) is 19.3 Å². The van der Waals surface area contributed by atoms with Gasteiger partial charge in [0, 0.05) is 25.3 Å². The van der Waals surface area contributed by atoms with Gasteiger partial charge in [0.2, 0.25) is 0 Å². The Morgan fingerprint density at radius 3 is 2.47 bits per heavy atom. The fourth-order valence-electron chi connectivity index (χ4n) is 2.37. The number of nitrogens with two attached hydrogens (primary N) is 1. The molecule has 0 aromatic carbocycles. The van der Waals surface area contributed by atoms with Gasteiger partial charge in [0.15, 0.2) is 0 Å². The van der Waals surface area contributed by atoms with E-state index in [0.29, 0.717) is 0 Å². The lowest BCUT2D eigenvalue weighted by atomic mass is 10.1. The summed E-state index contributed by atoms with van der Waals surface area (Å²) in [4.78, 5) is 6.90. The summed E-state index contributed by atoms with van der Waals surface area (Å²) in [6, 6.07) is 4.25. The molecule has 0 aliphatic carbocycles. The molecule has 3 nitrogen and oxygen atoms in total. The molecule has 94 valence electrons. The first-order chi connectivity index (χ1) is 8.27. The summed E-state index contributed by atoms with van der Waals surface area (Å²) in [6.07, 6.45) is 8.54. The van der Waals surface area contributed by atoms with Gasteiger partial charge in [-0.3, -0.25) is 0 Å². The lowest BCUT2D eigenvalue weighted by molar-refractivity contribution is 0.553. The summed E-state index contributed by atoms with van der Waals surface area (Å²) in [5.41, 5.74) is 7.10. The Morgan fingerprint density at radius 2 is 1.82 bits per heavy atom. The molecule has 3 heteroatoms. The van der Waals surface area contributed by atoms with Crippen molar-refractivity contribution in [3.8, 4) is 0 Å². The van der Waals surface area contributed by atoms with Crippen LogP contribution in [0.25, 0.3) is 0 Å². The molecule has 2 N–H and O–H groups in total. The van der Waals surface area contributed by atoms with E-state index in [1.54, 1.807) is 0 Å². The van der Waals surface area contributed by atoms with Crippen molar-refractivity contribution < 1.29 is 0 Å². The maximum Gasteiger partial charge on any atom is 0.128 e. The van der Waals surface area contributed by atoms with Crippen LogP contribution >= 0.6 is 0 Å². The van der Waals surface area contributed by atoms with Gasteiger partial charge in [-0.2, -0.15) is 0 Å². The Bertz CT molecular complexity index is 341. The van der Waals surface area contributed by atoms with Gasteiger partial charge in [-0.15, -0.1) is 0 Å². The number of pyridine rings is 1. The van der Waals surface area contributed by atoms with E-state index in [0.717, 1.165) is 18.9 Å². The fourth-order valence-corrected chi connectivity index (χ4v) is 2.37. The Labute approximate surface area is 104 Å². The zero-order valence-corrected chi connectivity index (χ0v) is 10.7. The molecule has 0 radical (unpaired) electrons. The number of hydrogen-bond donors (Lipinski definition) is 1. The molecule has 1 unspecified atom stereocenters. The molecule has 1 saturated heterocycles. The SMILES string of the molecule is CC(N)c1ccnc(N2CCCCCCC2)c1. The Kier molecular flexibility index (Phi) is 4.37. The third kappa shape index (κ3) is 3.43. The molecule has 2 heterocycles. The van der Waals surface area contributed by atoms with E-state index in [4.69, 9.17) is 5.73 Å². The summed E-state index contributed by atoms with van der Waals surface area (Å²) in [7, 11) is 0. The van der Waals surface area contributed by atoms with Crippen molar-refractivity contribution in [3.63, 3.8) is 0 Å². The predicted octanol–water partition coefficient (Wildman–Crippen LogP) is 2.87. The highest BCUT2D eigenvalue weighted by Gasteiger charge is 2.11. The maximum absolute atomic E-state index is 5.92. The number of nitrogens with zero attached hydrogens (tertiary/aromatic N) is 2. The second-order valence-corrected chi connectivity index (χ2v) is 4.99. The van der Waals surface area contributed by atoms with Crippen LogP contribution < -0.4 is 10.6 Å². The molecule has 1 aliphatic heterocycles. The first kappa shape index (κ1) is 12.4. The van der Waals surface area contributed by atoms with Gasteiger partial charge in [-0.05, 0) is 37.5 Å². The van der Waals surface area contributed by atoms with Crippen LogP contribution in [0.3, 0.4) is 0 Å². The quantitative estimate of drug-likeness (QED) is 0.854. The fraction of sp³-hybridized carbons (Fsp3) is 0.643. The zero-order valence-electron chi connectivity index (χ0n) is 10.7. The molecule has 1 aliphatic rings. The number of rotatable bonds is 2. The van der Waals surface area contributed by atoms with Crippen molar-refractivity contribution in [1.82, 2.24) is 4.98 Å². The number of anilines is 1. The van der Waals surface area contributed by atoms with Crippen molar-refractivity contribution in [3.05, 3.63) is 23.9 Å². The second-order valence-electron chi connectivity index (χ2n) is 4.99. The van der Waals surface area contributed by atoms with Crippen molar-refractivity contribution in [1.29, 1.82) is 0 Å². The zero-order chi connectivity index (χ0) is 12.1. The van der Waals surface area contributed by atoms with E-state index in [1.165, 1.54) is 37.7 Å². The Hall–Kier alpha value is -1.09. The predicted molar refractivity (Wildman–Crippen MR) is 72.1 cm³/mol. The number of hydrogen-bond acceptors (Lipinski definition) is 3. The van der Waals surface area contributed by atoms with Crippen molar-refractivity contribution in [2.45, 2.75) is 45.1 Å². The van der Waals surface area contributed by atoms with E-state index < -0.39 is 0 Å². The minimum absolute atomic E-state index is 0.0894. The Morgan fingerprint density at radius 1 is 1.18 bits per heavy atom. The van der Waals surface area contributed by atoms with Gasteiger partial charge in [0.25, 0.3) is 0 Å². The third-order valence-corrected chi connectivity index (χ3v) is 3.48. The normalized spacial score (nSPS) is 19.5. The van der Waals surface area contributed by atoms with Gasteiger partial charge < -0.3 is 10.6 Å². The highest BCUT2D eigenvalue weighted by atomic mass is 15.2. The van der Waals surface area contributed by atoms with Crippen molar-refractivity contribution in [2.75, 3.05) is 18.0 Å². The minimum atomic E-state index is 0.0894. The van der Waals surface area contributed by atoms with Gasteiger partial charge in [-0.25, -0.2) is 4.98 Å². The summed E-state index contributed by atoms with van der Waals surface area (Å²) in [5, 5.41) is 0. The van der Waals surface area contributed by atoms with E-state index in [-0.39, 0.29) is 6.04 Å². The standard InChI is InChI=1S/C14H23N3/c1-12(15)13-7-8-16-14(11-13)17-9-5-3-2-4-6-10-17/h7-8,11-12H,2-6,9-10,15H2,1H3. The van der Waals surface area contributed by atoms with Crippen LogP contribution in [0.1, 0.15) is 50.6 Å². The Balaban J connectivity index is 2.10. The number of aromatic nitrogens is 1. The smallest absolute Gasteiger partial charge is 0.128 e. The molecule has 1 aromatic rings. The highest BCUT2D eigenvalue weighted by molar-refractivity contribution is 5.41. The lowest BCUT2D eigenvalue weighted by Crippen LogP contribution is -2.28. The maximum atomic E-state index is 5.92. The van der Waals surface area contributed by atoms with Gasteiger partial charge >= 0.3 is 0 Å². The topological polar surface area (TPSA) is 42.1 Å². The van der Waals surface area contributed by atoms with Crippen molar-refractivity contribution >= 4 is 5.82 Å². The van der Waals surface area contributed by atoms with Gasteiger partial charge in [0.1, 0.15) is 5.82 Å². The molecule has 0 spiro atoms. The first-order valence-corrected chi connectivity index (χ1v) is 6.74. The summed E-state index contributed by atoms with van der Waals surface area (Å²) >= 11 is 0. The summed E-state index contributed by atoms with van der Waals surface area (Å²) in [6.45, 7) is 4.29. The van der Waals surface area contributed by atoms with Crippen LogP contribution in [-0.4, -0.2) is 18.1 Å². The van der Waals surface area contributed by atoms with E-state index in [2.05, 4.69) is 16.0 Å². The molecule has 0 saturated carbocycles. The van der Waals surface area contributed by atoms with Gasteiger partial charge in [0.05, 0.1) is 0 Å². The molecule has 17 heavy (non-hydrogen) atoms. The molecule has 1 fully saturated rings. The average molecular weight is 233 g/mol. The van der Waals surface area contributed by atoms with Crippen LogP contribution in [0.2, 0.25) is 0 Å². The minimum Gasteiger partial charge on any atom is -0.357 e. The molecule has 1 aromatic heterocycles. The average Bonchev–Trinajstić information content (AvgIpc) is 2.28. The summed E-state index contributed by atoms with van der Waals surface area (Å²) < 4.78 is 0. The molecule has 0 bridgehead atoms. The highest BCUT2D eigenvalue weighted by Crippen LogP contribution is 2.20. The van der Waals surface area contributed by atoms with Crippen LogP contribution in [0.15, 0.2) is 18.3 Å². The molecule has 0 amide bonds. The summed E-state index contributed by atoms with van der Waals surface area (Å²) in [5.74, 6) is 1.10. The van der Waals surface area contributed by atoms with Crippen molar-refractivity contribution in [2.24, 2.45) is 5.73 Å². The molecule has 2 rings (SSSR count). The third-order valence-electron chi connectivity index (χ3n) is 3.48. The van der Waals surface area contributed by atoms with Crippen LogP contribution in [0.4, 0.5) is 5.82 Å². The molecular formula is C14H23N3. The molecule has 1 atom stereocenters. The largest absolute Gasteiger partial charge is 0.357 e. The lowest BCUT2D eigenvalue weighted by Gasteiger charge is -2.26. The monoisotopic (exact) mass is 233 g/mol. The molecular weight excluding hydrogens is 210 g/mol. The second kappa shape index (κ2) is 6.01. The van der Waals surface area contributed by atoms with E-state index >= 15 is 0 Å².